The van der Waals surface area contributed by atoms with Crippen LogP contribution >= 0.6 is 0 Å². The molecule has 4 nitrogen and oxygen atoms in total. The molecule has 4 heteroatoms. The van der Waals surface area contributed by atoms with Crippen molar-refractivity contribution in [1.29, 1.82) is 0 Å². The molecule has 86 valence electrons. The molecule has 2 heterocycles. The molecule has 0 aromatic heterocycles. The summed E-state index contributed by atoms with van der Waals surface area (Å²) in [6, 6.07) is 0.394. The Hall–Kier alpha value is -0.610. The van der Waals surface area contributed by atoms with E-state index < -0.39 is 0 Å². The third-order valence-electron chi connectivity index (χ3n) is 3.48. The molecule has 0 spiro atoms. The van der Waals surface area contributed by atoms with E-state index in [1.165, 1.54) is 6.42 Å². The fourth-order valence-electron chi connectivity index (χ4n) is 2.48. The number of rotatable bonds is 3. The fraction of sp³-hybridized carbons (Fsp3) is 0.909. The standard InChI is InChI=1S/C11H20N2O2/c14-8-9-3-5-13(7-9)11(15)6-10-2-1-4-12-10/h9-10,12,14H,1-8H2. The SMILES string of the molecule is O=C(CC1CCCN1)N1CCC(CO)C1. The first-order valence-electron chi connectivity index (χ1n) is 5.91. The van der Waals surface area contributed by atoms with Gasteiger partial charge in [0, 0.05) is 38.1 Å². The van der Waals surface area contributed by atoms with Crippen molar-refractivity contribution in [2.24, 2.45) is 5.92 Å². The van der Waals surface area contributed by atoms with E-state index in [2.05, 4.69) is 5.32 Å². The molecule has 2 fully saturated rings. The lowest BCUT2D eigenvalue weighted by atomic mass is 10.1. The van der Waals surface area contributed by atoms with Crippen molar-refractivity contribution in [3.8, 4) is 0 Å². The van der Waals surface area contributed by atoms with Gasteiger partial charge in [-0.05, 0) is 25.8 Å². The van der Waals surface area contributed by atoms with Crippen molar-refractivity contribution < 1.29 is 9.90 Å². The molecule has 2 unspecified atom stereocenters. The van der Waals surface area contributed by atoms with Crippen LogP contribution in [-0.2, 0) is 4.79 Å². The molecule has 0 aromatic carbocycles. The van der Waals surface area contributed by atoms with E-state index >= 15 is 0 Å². The summed E-state index contributed by atoms with van der Waals surface area (Å²) in [6.07, 6.45) is 3.92. The maximum absolute atomic E-state index is 11.9. The Kier molecular flexibility index (Phi) is 3.59. The molecule has 0 saturated carbocycles. The van der Waals surface area contributed by atoms with Crippen LogP contribution in [0.1, 0.15) is 25.7 Å². The van der Waals surface area contributed by atoms with Crippen molar-refractivity contribution in [3.05, 3.63) is 0 Å². The van der Waals surface area contributed by atoms with E-state index in [-0.39, 0.29) is 12.5 Å². The first kappa shape index (κ1) is 10.9. The maximum atomic E-state index is 11.9. The topological polar surface area (TPSA) is 52.6 Å². The number of hydrogen-bond acceptors (Lipinski definition) is 3. The van der Waals surface area contributed by atoms with E-state index in [0.29, 0.717) is 18.4 Å². The minimum atomic E-state index is 0.214. The molecule has 2 aliphatic rings. The van der Waals surface area contributed by atoms with Gasteiger partial charge in [-0.25, -0.2) is 0 Å². The van der Waals surface area contributed by atoms with Gasteiger partial charge in [0.25, 0.3) is 0 Å². The number of carbonyl (C=O) groups is 1. The molecule has 0 aliphatic carbocycles. The first-order chi connectivity index (χ1) is 7.29. The van der Waals surface area contributed by atoms with Gasteiger partial charge in [0.2, 0.25) is 5.91 Å². The Bertz CT molecular complexity index is 227. The molecule has 2 N–H and O–H groups in total. The summed E-state index contributed by atoms with van der Waals surface area (Å²) < 4.78 is 0. The Labute approximate surface area is 90.6 Å². The molecular formula is C11H20N2O2. The maximum Gasteiger partial charge on any atom is 0.224 e. The summed E-state index contributed by atoms with van der Waals surface area (Å²) in [5, 5.41) is 12.3. The smallest absolute Gasteiger partial charge is 0.224 e. The lowest BCUT2D eigenvalue weighted by Gasteiger charge is -2.18. The summed E-state index contributed by atoms with van der Waals surface area (Å²) >= 11 is 0. The van der Waals surface area contributed by atoms with Crippen LogP contribution in [0.3, 0.4) is 0 Å². The fourth-order valence-corrected chi connectivity index (χ4v) is 2.48. The number of carbonyl (C=O) groups excluding carboxylic acids is 1. The first-order valence-corrected chi connectivity index (χ1v) is 5.91. The predicted molar refractivity (Wildman–Crippen MR) is 57.4 cm³/mol. The van der Waals surface area contributed by atoms with Crippen LogP contribution in [0.2, 0.25) is 0 Å². The minimum absolute atomic E-state index is 0.214. The van der Waals surface area contributed by atoms with Crippen LogP contribution < -0.4 is 5.32 Å². The normalized spacial score (nSPS) is 31.1. The number of nitrogens with zero attached hydrogens (tertiary/aromatic N) is 1. The van der Waals surface area contributed by atoms with Gasteiger partial charge >= 0.3 is 0 Å². The van der Waals surface area contributed by atoms with Gasteiger partial charge in [-0.2, -0.15) is 0 Å². The van der Waals surface area contributed by atoms with Crippen LogP contribution in [0, 0.1) is 5.92 Å². The lowest BCUT2D eigenvalue weighted by molar-refractivity contribution is -0.130. The Morgan fingerprint density at radius 2 is 2.33 bits per heavy atom. The van der Waals surface area contributed by atoms with Crippen LogP contribution in [0.5, 0.6) is 0 Å². The Morgan fingerprint density at radius 3 is 2.93 bits per heavy atom. The van der Waals surface area contributed by atoms with Gasteiger partial charge in [0.15, 0.2) is 0 Å². The second-order valence-corrected chi connectivity index (χ2v) is 4.67. The van der Waals surface area contributed by atoms with Gasteiger partial charge in [-0.3, -0.25) is 4.79 Å². The highest BCUT2D eigenvalue weighted by Gasteiger charge is 2.27. The number of aliphatic hydroxyl groups excluding tert-OH is 1. The average molecular weight is 212 g/mol. The monoisotopic (exact) mass is 212 g/mol. The van der Waals surface area contributed by atoms with Gasteiger partial charge in [-0.1, -0.05) is 0 Å². The second-order valence-electron chi connectivity index (χ2n) is 4.67. The summed E-state index contributed by atoms with van der Waals surface area (Å²) in [6.45, 7) is 2.85. The highest BCUT2D eigenvalue weighted by Crippen LogP contribution is 2.18. The molecule has 2 aliphatic heterocycles. The number of hydrogen-bond donors (Lipinski definition) is 2. The number of likely N-dealkylation sites (tertiary alicyclic amines) is 1. The predicted octanol–water partition coefficient (Wildman–Crippen LogP) is -0.0307. The zero-order valence-corrected chi connectivity index (χ0v) is 9.11. The van der Waals surface area contributed by atoms with E-state index in [0.717, 1.165) is 32.5 Å². The molecule has 1 amide bonds. The summed E-state index contributed by atoms with van der Waals surface area (Å²) in [5.74, 6) is 0.566. The van der Waals surface area contributed by atoms with Gasteiger partial charge in [-0.15, -0.1) is 0 Å². The van der Waals surface area contributed by atoms with Crippen LogP contribution in [-0.4, -0.2) is 48.2 Å². The molecular weight excluding hydrogens is 192 g/mol. The van der Waals surface area contributed by atoms with Crippen LogP contribution in [0.15, 0.2) is 0 Å². The van der Waals surface area contributed by atoms with E-state index in [4.69, 9.17) is 5.11 Å². The van der Waals surface area contributed by atoms with Crippen molar-refractivity contribution in [2.45, 2.75) is 31.7 Å². The zero-order chi connectivity index (χ0) is 10.7. The lowest BCUT2D eigenvalue weighted by Crippen LogP contribution is -2.34. The van der Waals surface area contributed by atoms with Crippen LogP contribution in [0.25, 0.3) is 0 Å². The summed E-state index contributed by atoms with van der Waals surface area (Å²) in [7, 11) is 0. The largest absolute Gasteiger partial charge is 0.396 e. The molecule has 0 bridgehead atoms. The number of aliphatic hydroxyl groups is 1. The third kappa shape index (κ3) is 2.69. The zero-order valence-electron chi connectivity index (χ0n) is 9.11. The Morgan fingerprint density at radius 1 is 1.47 bits per heavy atom. The second kappa shape index (κ2) is 4.94. The average Bonchev–Trinajstić information content (AvgIpc) is 2.86. The van der Waals surface area contributed by atoms with Gasteiger partial charge in [0.1, 0.15) is 0 Å². The third-order valence-corrected chi connectivity index (χ3v) is 3.48. The van der Waals surface area contributed by atoms with Gasteiger partial charge in [0.05, 0.1) is 0 Å². The van der Waals surface area contributed by atoms with E-state index in [9.17, 15) is 4.79 Å². The molecule has 0 aromatic rings. The van der Waals surface area contributed by atoms with Crippen LogP contribution in [0.4, 0.5) is 0 Å². The number of amides is 1. The van der Waals surface area contributed by atoms with E-state index in [1.54, 1.807) is 0 Å². The summed E-state index contributed by atoms with van der Waals surface area (Å²) in [5.41, 5.74) is 0. The molecule has 0 radical (unpaired) electrons. The van der Waals surface area contributed by atoms with Crippen molar-refractivity contribution in [1.82, 2.24) is 10.2 Å². The van der Waals surface area contributed by atoms with Crippen molar-refractivity contribution in [2.75, 3.05) is 26.2 Å². The van der Waals surface area contributed by atoms with Gasteiger partial charge < -0.3 is 15.3 Å². The molecule has 2 rings (SSSR count). The molecule has 15 heavy (non-hydrogen) atoms. The molecule has 2 atom stereocenters. The quantitative estimate of drug-likeness (QED) is 0.690. The highest BCUT2D eigenvalue weighted by molar-refractivity contribution is 5.77. The van der Waals surface area contributed by atoms with Crippen molar-refractivity contribution in [3.63, 3.8) is 0 Å². The number of nitrogens with one attached hydrogen (secondary N) is 1. The van der Waals surface area contributed by atoms with E-state index in [1.807, 2.05) is 4.90 Å². The summed E-state index contributed by atoms with van der Waals surface area (Å²) in [4.78, 5) is 13.8. The minimum Gasteiger partial charge on any atom is -0.396 e. The Balaban J connectivity index is 1.76. The van der Waals surface area contributed by atoms with Crippen molar-refractivity contribution >= 4 is 5.91 Å². The highest BCUT2D eigenvalue weighted by atomic mass is 16.3. The molecule has 2 saturated heterocycles.